The van der Waals surface area contributed by atoms with Crippen LogP contribution in [0.1, 0.15) is 22.9 Å². The highest BCUT2D eigenvalue weighted by molar-refractivity contribution is 7.10. The molecule has 2 aliphatic heterocycles. The summed E-state index contributed by atoms with van der Waals surface area (Å²) in [7, 11) is 0. The van der Waals surface area contributed by atoms with E-state index in [0.29, 0.717) is 18.0 Å². The Morgan fingerprint density at radius 3 is 2.88 bits per heavy atom. The maximum atomic E-state index is 12.4. The van der Waals surface area contributed by atoms with E-state index in [9.17, 15) is 14.7 Å². The molecule has 7 heteroatoms. The number of ether oxygens (including phenoxy) is 2. The van der Waals surface area contributed by atoms with Gasteiger partial charge in [-0.1, -0.05) is 12.1 Å². The lowest BCUT2D eigenvalue weighted by atomic mass is 9.99. The number of hydrogen-bond donors (Lipinski definition) is 1. The Hall–Kier alpha value is -2.54. The molecule has 6 nitrogen and oxygen atoms in total. The van der Waals surface area contributed by atoms with Crippen molar-refractivity contribution < 1.29 is 24.2 Å². The monoisotopic (exact) mass is 345 g/mol. The summed E-state index contributed by atoms with van der Waals surface area (Å²) >= 11 is 1.48. The quantitative estimate of drug-likeness (QED) is 0.922. The third kappa shape index (κ3) is 2.50. The molecule has 1 aromatic carbocycles. The third-order valence-electron chi connectivity index (χ3n) is 4.37. The van der Waals surface area contributed by atoms with Crippen molar-refractivity contribution in [3.8, 4) is 11.5 Å². The molecule has 1 saturated heterocycles. The first kappa shape index (κ1) is 15.0. The van der Waals surface area contributed by atoms with Crippen molar-refractivity contribution in [3.05, 3.63) is 46.2 Å². The number of carbonyl (C=O) groups excluding carboxylic acids is 1. The topological polar surface area (TPSA) is 76.1 Å². The van der Waals surface area contributed by atoms with Gasteiger partial charge in [0.25, 0.3) is 0 Å². The van der Waals surface area contributed by atoms with Crippen molar-refractivity contribution in [1.29, 1.82) is 0 Å². The molecular weight excluding hydrogens is 330 g/mol. The predicted molar refractivity (Wildman–Crippen MR) is 85.9 cm³/mol. The van der Waals surface area contributed by atoms with Gasteiger partial charge in [0, 0.05) is 17.8 Å². The Bertz CT molecular complexity index is 788. The van der Waals surface area contributed by atoms with Crippen LogP contribution in [0.4, 0.5) is 0 Å². The number of thiophene rings is 1. The van der Waals surface area contributed by atoms with E-state index in [2.05, 4.69) is 0 Å². The molecule has 1 aromatic heterocycles. The van der Waals surface area contributed by atoms with Crippen molar-refractivity contribution >= 4 is 23.2 Å². The molecule has 2 aliphatic rings. The van der Waals surface area contributed by atoms with Crippen molar-refractivity contribution in [2.45, 2.75) is 19.0 Å². The first-order chi connectivity index (χ1) is 11.6. The van der Waals surface area contributed by atoms with E-state index in [0.717, 1.165) is 10.4 Å². The van der Waals surface area contributed by atoms with Crippen molar-refractivity contribution in [3.63, 3.8) is 0 Å². The highest BCUT2D eigenvalue weighted by Crippen LogP contribution is 2.42. The van der Waals surface area contributed by atoms with E-state index in [4.69, 9.17) is 9.47 Å². The Labute approximate surface area is 142 Å². The number of carboxylic acids is 1. The summed E-state index contributed by atoms with van der Waals surface area (Å²) in [6, 6.07) is 8.86. The van der Waals surface area contributed by atoms with Gasteiger partial charge in [0.05, 0.1) is 12.0 Å². The number of carboxylic acid groups (broad SMARTS) is 1. The summed E-state index contributed by atoms with van der Waals surface area (Å²) in [4.78, 5) is 26.6. The zero-order valence-corrected chi connectivity index (χ0v) is 13.5. The highest BCUT2D eigenvalue weighted by atomic mass is 32.1. The Morgan fingerprint density at radius 1 is 1.29 bits per heavy atom. The van der Waals surface area contributed by atoms with E-state index in [-0.39, 0.29) is 19.1 Å². The number of benzene rings is 1. The summed E-state index contributed by atoms with van der Waals surface area (Å²) in [6.07, 6.45) is 0.0302. The van der Waals surface area contributed by atoms with Gasteiger partial charge < -0.3 is 19.5 Å². The molecule has 0 saturated carbocycles. The fourth-order valence-corrected chi connectivity index (χ4v) is 4.15. The number of nitrogens with zero attached hydrogens (tertiary/aromatic N) is 1. The Balaban J connectivity index is 1.64. The van der Waals surface area contributed by atoms with Crippen LogP contribution in [0, 0.1) is 5.92 Å². The van der Waals surface area contributed by atoms with Gasteiger partial charge in [-0.2, -0.15) is 0 Å². The Kier molecular flexibility index (Phi) is 3.65. The van der Waals surface area contributed by atoms with Gasteiger partial charge in [0.15, 0.2) is 11.5 Å². The van der Waals surface area contributed by atoms with E-state index in [1.54, 1.807) is 4.90 Å². The molecule has 3 heterocycles. The first-order valence-electron chi connectivity index (χ1n) is 7.57. The molecule has 24 heavy (non-hydrogen) atoms. The number of amides is 1. The summed E-state index contributed by atoms with van der Waals surface area (Å²) in [5.41, 5.74) is 0.889. The Morgan fingerprint density at radius 2 is 2.12 bits per heavy atom. The number of aliphatic carboxylic acids is 1. The average Bonchev–Trinajstić information content (AvgIpc) is 3.27. The molecule has 0 spiro atoms. The van der Waals surface area contributed by atoms with Crippen LogP contribution in [-0.4, -0.2) is 28.7 Å². The van der Waals surface area contributed by atoms with Gasteiger partial charge in [-0.25, -0.2) is 0 Å². The standard InChI is InChI=1S/C17H15NO5S/c19-15-7-11(17(20)21)16(14-2-1-5-24-14)18(15)8-10-3-4-12-13(6-10)23-9-22-12/h1-6,11,16H,7-9H2,(H,20,21). The largest absolute Gasteiger partial charge is 0.481 e. The van der Waals surface area contributed by atoms with Gasteiger partial charge in [-0.05, 0) is 29.1 Å². The number of fused-ring (bicyclic) bond motifs is 1. The zero-order valence-electron chi connectivity index (χ0n) is 12.7. The second-order valence-corrected chi connectivity index (χ2v) is 6.80. The SMILES string of the molecule is O=C(O)C1CC(=O)N(Cc2ccc3c(c2)OCO3)C1c1cccs1. The van der Waals surface area contributed by atoms with Gasteiger partial charge in [0.2, 0.25) is 12.7 Å². The van der Waals surface area contributed by atoms with Crippen LogP contribution in [0.15, 0.2) is 35.7 Å². The fourth-order valence-electron chi connectivity index (χ4n) is 3.25. The second-order valence-electron chi connectivity index (χ2n) is 5.82. The van der Waals surface area contributed by atoms with Crippen molar-refractivity contribution in [2.24, 2.45) is 5.92 Å². The van der Waals surface area contributed by atoms with Crippen LogP contribution in [0.2, 0.25) is 0 Å². The van der Waals surface area contributed by atoms with E-state index in [1.165, 1.54) is 11.3 Å². The molecule has 1 N–H and O–H groups in total. The fraction of sp³-hybridized carbons (Fsp3) is 0.294. The highest BCUT2D eigenvalue weighted by Gasteiger charge is 2.45. The van der Waals surface area contributed by atoms with Gasteiger partial charge in [0.1, 0.15) is 0 Å². The normalized spacial score (nSPS) is 22.2. The maximum Gasteiger partial charge on any atom is 0.309 e. The third-order valence-corrected chi connectivity index (χ3v) is 5.32. The van der Waals surface area contributed by atoms with Crippen molar-refractivity contribution in [2.75, 3.05) is 6.79 Å². The molecule has 2 aromatic rings. The second kappa shape index (κ2) is 5.83. The van der Waals surface area contributed by atoms with Crippen LogP contribution >= 0.6 is 11.3 Å². The molecule has 0 aliphatic carbocycles. The lowest BCUT2D eigenvalue weighted by Gasteiger charge is -2.26. The van der Waals surface area contributed by atoms with Gasteiger partial charge >= 0.3 is 5.97 Å². The summed E-state index contributed by atoms with van der Waals surface area (Å²) in [5.74, 6) is -0.454. The molecular formula is C17H15NO5S. The molecule has 0 radical (unpaired) electrons. The van der Waals surface area contributed by atoms with E-state index < -0.39 is 17.9 Å². The van der Waals surface area contributed by atoms with Crippen molar-refractivity contribution in [1.82, 2.24) is 4.90 Å². The maximum absolute atomic E-state index is 12.4. The van der Waals surface area contributed by atoms with Crippen LogP contribution in [-0.2, 0) is 16.1 Å². The van der Waals surface area contributed by atoms with Gasteiger partial charge in [-0.15, -0.1) is 11.3 Å². The molecule has 1 amide bonds. The number of carbonyl (C=O) groups is 2. The minimum absolute atomic E-state index is 0.0302. The molecule has 4 rings (SSSR count). The van der Waals surface area contributed by atoms with E-state index >= 15 is 0 Å². The lowest BCUT2D eigenvalue weighted by molar-refractivity contribution is -0.142. The average molecular weight is 345 g/mol. The zero-order chi connectivity index (χ0) is 16.7. The van der Waals surface area contributed by atoms with E-state index in [1.807, 2.05) is 35.7 Å². The molecule has 1 fully saturated rings. The first-order valence-corrected chi connectivity index (χ1v) is 8.45. The molecule has 124 valence electrons. The molecule has 2 unspecified atom stereocenters. The van der Waals surface area contributed by atoms with Crippen LogP contribution < -0.4 is 9.47 Å². The van der Waals surface area contributed by atoms with Crippen LogP contribution in [0.25, 0.3) is 0 Å². The molecule has 0 bridgehead atoms. The number of hydrogen-bond acceptors (Lipinski definition) is 5. The lowest BCUT2D eigenvalue weighted by Crippen LogP contribution is -2.29. The number of rotatable bonds is 4. The minimum atomic E-state index is -0.935. The van der Waals surface area contributed by atoms with Crippen LogP contribution in [0.3, 0.4) is 0 Å². The minimum Gasteiger partial charge on any atom is -0.481 e. The number of likely N-dealkylation sites (tertiary alicyclic amines) is 1. The summed E-state index contributed by atoms with van der Waals surface area (Å²) < 4.78 is 10.7. The summed E-state index contributed by atoms with van der Waals surface area (Å²) in [5, 5.41) is 11.4. The predicted octanol–water partition coefficient (Wildman–Crippen LogP) is 2.65. The summed E-state index contributed by atoms with van der Waals surface area (Å²) in [6.45, 7) is 0.544. The van der Waals surface area contributed by atoms with Gasteiger partial charge in [-0.3, -0.25) is 9.59 Å². The molecule has 2 atom stereocenters. The van der Waals surface area contributed by atoms with Crippen LogP contribution in [0.5, 0.6) is 11.5 Å². The smallest absolute Gasteiger partial charge is 0.309 e.